The van der Waals surface area contributed by atoms with E-state index in [2.05, 4.69) is 5.32 Å². The number of anilines is 1. The molecule has 0 spiro atoms. The van der Waals surface area contributed by atoms with Crippen LogP contribution < -0.4 is 24.3 Å². The molecule has 3 aromatic carbocycles. The number of carbonyl (C=O) groups is 1. The number of ether oxygens (including phenoxy) is 4. The summed E-state index contributed by atoms with van der Waals surface area (Å²) in [6, 6.07) is 15.8. The van der Waals surface area contributed by atoms with Gasteiger partial charge in [0.1, 0.15) is 11.5 Å². The molecule has 0 saturated heterocycles. The zero-order valence-corrected chi connectivity index (χ0v) is 19.5. The second-order valence-corrected chi connectivity index (χ2v) is 7.13. The van der Waals surface area contributed by atoms with Gasteiger partial charge in [0.05, 0.1) is 34.1 Å². The van der Waals surface area contributed by atoms with Gasteiger partial charge in [-0.15, -0.1) is 0 Å². The van der Waals surface area contributed by atoms with Gasteiger partial charge in [0.15, 0.2) is 11.5 Å². The van der Waals surface area contributed by atoms with E-state index in [-0.39, 0.29) is 11.7 Å². The number of carbonyl (C=O) groups excluding carboxylic acids is 1. The van der Waals surface area contributed by atoms with E-state index in [4.69, 9.17) is 18.9 Å². The van der Waals surface area contributed by atoms with Crippen LogP contribution in [0, 0.1) is 0 Å². The van der Waals surface area contributed by atoms with E-state index >= 15 is 0 Å². The fourth-order valence-corrected chi connectivity index (χ4v) is 3.27. The fraction of sp³-hybridized carbons (Fsp3) is 0.148. The summed E-state index contributed by atoms with van der Waals surface area (Å²) >= 11 is 0. The van der Waals surface area contributed by atoms with E-state index in [1.165, 1.54) is 6.08 Å². The Morgan fingerprint density at radius 1 is 0.794 bits per heavy atom. The first-order chi connectivity index (χ1) is 16.5. The SMILES string of the molecule is COc1ccc(C=Cc2cc(OC)c(OC)c(OC)c2)c(NC(=O)/C=C/c2ccccc2O)c1. The highest BCUT2D eigenvalue weighted by Gasteiger charge is 2.12. The van der Waals surface area contributed by atoms with Gasteiger partial charge in [0.25, 0.3) is 0 Å². The molecule has 0 fully saturated rings. The van der Waals surface area contributed by atoms with Crippen molar-refractivity contribution >= 4 is 29.8 Å². The molecule has 0 atom stereocenters. The zero-order valence-electron chi connectivity index (χ0n) is 19.5. The molecule has 0 unspecified atom stereocenters. The van der Waals surface area contributed by atoms with Gasteiger partial charge in [-0.1, -0.05) is 30.4 Å². The zero-order chi connectivity index (χ0) is 24.5. The van der Waals surface area contributed by atoms with Crippen molar-refractivity contribution < 1.29 is 28.8 Å². The summed E-state index contributed by atoms with van der Waals surface area (Å²) in [5, 5.41) is 12.7. The number of phenols is 1. The second-order valence-electron chi connectivity index (χ2n) is 7.13. The van der Waals surface area contributed by atoms with Crippen LogP contribution in [0.2, 0.25) is 0 Å². The van der Waals surface area contributed by atoms with Crippen LogP contribution in [-0.2, 0) is 4.79 Å². The molecule has 176 valence electrons. The number of methoxy groups -OCH3 is 4. The van der Waals surface area contributed by atoms with Crippen LogP contribution in [0.3, 0.4) is 0 Å². The Balaban J connectivity index is 1.88. The van der Waals surface area contributed by atoms with Gasteiger partial charge in [-0.2, -0.15) is 0 Å². The highest BCUT2D eigenvalue weighted by molar-refractivity contribution is 6.03. The maximum Gasteiger partial charge on any atom is 0.248 e. The lowest BCUT2D eigenvalue weighted by molar-refractivity contribution is -0.111. The van der Waals surface area contributed by atoms with E-state index in [1.807, 2.05) is 36.4 Å². The molecule has 7 nitrogen and oxygen atoms in total. The molecule has 0 aromatic heterocycles. The van der Waals surface area contributed by atoms with Crippen molar-refractivity contribution in [3.05, 3.63) is 77.4 Å². The molecular formula is C27H27NO6. The van der Waals surface area contributed by atoms with Gasteiger partial charge in [0, 0.05) is 17.7 Å². The molecule has 0 aliphatic rings. The van der Waals surface area contributed by atoms with Gasteiger partial charge in [-0.3, -0.25) is 4.79 Å². The molecule has 3 aromatic rings. The number of aromatic hydroxyl groups is 1. The summed E-state index contributed by atoms with van der Waals surface area (Å²) in [6.45, 7) is 0. The topological polar surface area (TPSA) is 86.3 Å². The van der Waals surface area contributed by atoms with Crippen LogP contribution in [0.1, 0.15) is 16.7 Å². The summed E-state index contributed by atoms with van der Waals surface area (Å²) in [5.74, 6) is 1.94. The van der Waals surface area contributed by atoms with Crippen LogP contribution >= 0.6 is 0 Å². The third-order valence-electron chi connectivity index (χ3n) is 5.01. The summed E-state index contributed by atoms with van der Waals surface area (Å²) in [7, 11) is 6.23. The number of benzene rings is 3. The average Bonchev–Trinajstić information content (AvgIpc) is 2.86. The number of amides is 1. The smallest absolute Gasteiger partial charge is 0.248 e. The molecule has 7 heteroatoms. The van der Waals surface area contributed by atoms with E-state index in [9.17, 15) is 9.90 Å². The Kier molecular flexibility index (Phi) is 8.18. The van der Waals surface area contributed by atoms with Crippen LogP contribution in [-0.4, -0.2) is 39.5 Å². The maximum absolute atomic E-state index is 12.6. The van der Waals surface area contributed by atoms with E-state index in [0.29, 0.717) is 34.2 Å². The Bertz CT molecular complexity index is 1190. The molecule has 3 rings (SSSR count). The Morgan fingerprint density at radius 2 is 1.50 bits per heavy atom. The normalized spacial score (nSPS) is 10.9. The molecule has 0 radical (unpaired) electrons. The minimum Gasteiger partial charge on any atom is -0.507 e. The van der Waals surface area contributed by atoms with Gasteiger partial charge in [0.2, 0.25) is 11.7 Å². The average molecular weight is 462 g/mol. The third-order valence-corrected chi connectivity index (χ3v) is 5.01. The first-order valence-corrected chi connectivity index (χ1v) is 10.4. The first kappa shape index (κ1) is 24.3. The number of hydrogen-bond donors (Lipinski definition) is 2. The summed E-state index contributed by atoms with van der Waals surface area (Å²) in [6.07, 6.45) is 6.65. The predicted molar refractivity (Wildman–Crippen MR) is 134 cm³/mol. The number of para-hydroxylation sites is 1. The second kappa shape index (κ2) is 11.5. The van der Waals surface area contributed by atoms with Crippen LogP contribution in [0.25, 0.3) is 18.2 Å². The monoisotopic (exact) mass is 461 g/mol. The molecule has 2 N–H and O–H groups in total. The summed E-state index contributed by atoms with van der Waals surface area (Å²) in [4.78, 5) is 12.6. The van der Waals surface area contributed by atoms with E-state index < -0.39 is 0 Å². The van der Waals surface area contributed by atoms with Crippen molar-refractivity contribution in [1.82, 2.24) is 0 Å². The Labute approximate surface area is 198 Å². The van der Waals surface area contributed by atoms with Gasteiger partial charge >= 0.3 is 0 Å². The van der Waals surface area contributed by atoms with E-state index in [1.54, 1.807) is 64.8 Å². The van der Waals surface area contributed by atoms with Gasteiger partial charge < -0.3 is 29.4 Å². The van der Waals surface area contributed by atoms with Gasteiger partial charge in [-0.25, -0.2) is 0 Å². The lowest BCUT2D eigenvalue weighted by atomic mass is 10.1. The van der Waals surface area contributed by atoms with E-state index in [0.717, 1.165) is 11.1 Å². The largest absolute Gasteiger partial charge is 0.507 e. The molecule has 0 aliphatic carbocycles. The summed E-state index contributed by atoms with van der Waals surface area (Å²) < 4.78 is 21.5. The Morgan fingerprint density at radius 3 is 2.12 bits per heavy atom. The number of phenolic OH excluding ortho intramolecular Hbond substituents is 1. The quantitative estimate of drug-likeness (QED) is 0.334. The number of hydrogen-bond acceptors (Lipinski definition) is 6. The lowest BCUT2D eigenvalue weighted by Crippen LogP contribution is -2.09. The van der Waals surface area contributed by atoms with Crippen LogP contribution in [0.5, 0.6) is 28.7 Å². The molecule has 1 amide bonds. The van der Waals surface area contributed by atoms with Crippen molar-refractivity contribution in [3.8, 4) is 28.7 Å². The molecule has 34 heavy (non-hydrogen) atoms. The maximum atomic E-state index is 12.6. The molecule has 0 bridgehead atoms. The summed E-state index contributed by atoms with van der Waals surface area (Å²) in [5.41, 5.74) is 2.70. The minimum atomic E-state index is -0.348. The van der Waals surface area contributed by atoms with Crippen molar-refractivity contribution in [1.29, 1.82) is 0 Å². The predicted octanol–water partition coefficient (Wildman–Crippen LogP) is 5.25. The minimum absolute atomic E-state index is 0.0990. The van der Waals surface area contributed by atoms with Gasteiger partial charge in [-0.05, 0) is 47.5 Å². The highest BCUT2D eigenvalue weighted by Crippen LogP contribution is 2.38. The Hall–Kier alpha value is -4.39. The number of rotatable bonds is 9. The first-order valence-electron chi connectivity index (χ1n) is 10.4. The van der Waals surface area contributed by atoms with Crippen molar-refractivity contribution in [3.63, 3.8) is 0 Å². The van der Waals surface area contributed by atoms with Crippen LogP contribution in [0.4, 0.5) is 5.69 Å². The molecule has 0 aliphatic heterocycles. The van der Waals surface area contributed by atoms with Crippen molar-refractivity contribution in [2.45, 2.75) is 0 Å². The highest BCUT2D eigenvalue weighted by atomic mass is 16.5. The molecule has 0 saturated carbocycles. The molecular weight excluding hydrogens is 434 g/mol. The number of nitrogens with one attached hydrogen (secondary N) is 1. The lowest BCUT2D eigenvalue weighted by Gasteiger charge is -2.13. The van der Waals surface area contributed by atoms with Crippen molar-refractivity contribution in [2.24, 2.45) is 0 Å². The van der Waals surface area contributed by atoms with Crippen molar-refractivity contribution in [2.75, 3.05) is 33.8 Å². The molecule has 0 heterocycles. The van der Waals surface area contributed by atoms with Crippen LogP contribution in [0.15, 0.2) is 60.7 Å². The third kappa shape index (κ3) is 5.89. The fourth-order valence-electron chi connectivity index (χ4n) is 3.27. The standard InChI is InChI=1S/C27H27NO6/c1-31-21-13-11-19(10-9-18-15-24(32-2)27(34-4)25(16-18)33-3)22(17-21)28-26(30)14-12-20-7-5-6-8-23(20)29/h5-17,29H,1-4H3,(H,28,30)/b10-9?,14-12+.